The minimum absolute atomic E-state index is 0.143. The Balaban J connectivity index is 1.77. The molecule has 0 aliphatic carbocycles. The number of halogens is 5. The number of nitrogens with one attached hydrogen (secondary N) is 1. The molecule has 162 valence electrons. The molecule has 32 heavy (non-hydrogen) atoms. The highest BCUT2D eigenvalue weighted by Gasteiger charge is 2.14. The van der Waals surface area contributed by atoms with Gasteiger partial charge in [0.1, 0.15) is 18.2 Å². The Bertz CT molecular complexity index is 1210. The molecule has 0 saturated heterocycles. The highest BCUT2D eigenvalue weighted by Crippen LogP contribution is 2.35. The topological polar surface area (TPSA) is 62.1 Å². The zero-order valence-corrected chi connectivity index (χ0v) is 21.3. The van der Waals surface area contributed by atoms with Crippen molar-refractivity contribution < 1.29 is 9.53 Å². The summed E-state index contributed by atoms with van der Waals surface area (Å²) in [4.78, 5) is 12.5. The fourth-order valence-electron chi connectivity index (χ4n) is 2.62. The first kappa shape index (κ1) is 24.7. The van der Waals surface area contributed by atoms with E-state index in [0.29, 0.717) is 28.6 Å². The third-order valence-electron chi connectivity index (χ3n) is 4.17. The molecule has 0 aromatic heterocycles. The average molecular weight is 618 g/mol. The van der Waals surface area contributed by atoms with E-state index in [1.54, 1.807) is 24.3 Å². The molecule has 9 heteroatoms. The summed E-state index contributed by atoms with van der Waals surface area (Å²) in [5, 5.41) is 13.2. The maximum atomic E-state index is 12.5. The van der Waals surface area contributed by atoms with Crippen molar-refractivity contribution in [2.75, 3.05) is 5.32 Å². The molecule has 0 aliphatic rings. The first-order valence-corrected chi connectivity index (χ1v) is 11.6. The van der Waals surface area contributed by atoms with Crippen molar-refractivity contribution in [2.24, 2.45) is 0 Å². The zero-order chi connectivity index (χ0) is 23.3. The van der Waals surface area contributed by atoms with E-state index in [-0.39, 0.29) is 20.6 Å². The number of nitriles is 1. The van der Waals surface area contributed by atoms with Gasteiger partial charge in [-0.1, -0.05) is 58.5 Å². The van der Waals surface area contributed by atoms with Crippen LogP contribution in [0.25, 0.3) is 6.08 Å². The quantitative estimate of drug-likeness (QED) is 0.173. The molecule has 3 rings (SSSR count). The SMILES string of the molecule is N#C/C(=C\c1cc(Cl)c(OCc2ccc(I)cc2)c(Cl)c1)C(=O)Nc1ccc(Cl)c(Cl)c1. The molecule has 0 spiro atoms. The van der Waals surface area contributed by atoms with Gasteiger partial charge in [-0.25, -0.2) is 0 Å². The predicted octanol–water partition coefficient (Wildman–Crippen LogP) is 8.03. The Morgan fingerprint density at radius 2 is 1.62 bits per heavy atom. The summed E-state index contributed by atoms with van der Waals surface area (Å²) in [6.45, 7) is 0.293. The Kier molecular flexibility index (Phi) is 8.69. The number of nitrogens with zero attached hydrogens (tertiary/aromatic N) is 1. The molecule has 3 aromatic rings. The van der Waals surface area contributed by atoms with Gasteiger partial charge in [0.15, 0.2) is 5.75 Å². The number of ether oxygens (including phenoxy) is 1. The number of carbonyl (C=O) groups excluding carboxylic acids is 1. The Hall–Kier alpha value is -1.95. The second kappa shape index (κ2) is 11.3. The molecular formula is C23H13Cl4IN2O2. The Morgan fingerprint density at radius 1 is 0.969 bits per heavy atom. The normalized spacial score (nSPS) is 11.1. The van der Waals surface area contributed by atoms with Crippen LogP contribution in [-0.2, 0) is 11.4 Å². The third-order valence-corrected chi connectivity index (χ3v) is 6.19. The van der Waals surface area contributed by atoms with Crippen LogP contribution in [0.3, 0.4) is 0 Å². The van der Waals surface area contributed by atoms with Crippen LogP contribution in [0.4, 0.5) is 5.69 Å². The van der Waals surface area contributed by atoms with Gasteiger partial charge in [0, 0.05) is 9.26 Å². The summed E-state index contributed by atoms with van der Waals surface area (Å²) in [7, 11) is 0. The average Bonchev–Trinajstić information content (AvgIpc) is 2.75. The molecule has 0 unspecified atom stereocenters. The molecule has 0 saturated carbocycles. The molecule has 1 N–H and O–H groups in total. The van der Waals surface area contributed by atoms with E-state index < -0.39 is 5.91 Å². The van der Waals surface area contributed by atoms with Crippen LogP contribution in [0.5, 0.6) is 5.75 Å². The van der Waals surface area contributed by atoms with E-state index >= 15 is 0 Å². The van der Waals surface area contributed by atoms with Gasteiger partial charge in [-0.15, -0.1) is 0 Å². The maximum absolute atomic E-state index is 12.5. The number of rotatable bonds is 6. The molecule has 4 nitrogen and oxygen atoms in total. The minimum atomic E-state index is -0.614. The maximum Gasteiger partial charge on any atom is 0.266 e. The molecule has 0 fully saturated rings. The third kappa shape index (κ3) is 6.53. The van der Waals surface area contributed by atoms with E-state index in [1.165, 1.54) is 12.1 Å². The lowest BCUT2D eigenvalue weighted by molar-refractivity contribution is -0.112. The van der Waals surface area contributed by atoms with E-state index in [0.717, 1.165) is 9.13 Å². The van der Waals surface area contributed by atoms with Crippen LogP contribution >= 0.6 is 69.0 Å². The second-order valence-corrected chi connectivity index (χ2v) is 9.36. The van der Waals surface area contributed by atoms with Crippen molar-refractivity contribution in [3.8, 4) is 11.8 Å². The van der Waals surface area contributed by atoms with Crippen LogP contribution in [0, 0.1) is 14.9 Å². The monoisotopic (exact) mass is 616 g/mol. The van der Waals surface area contributed by atoms with Crippen molar-refractivity contribution in [2.45, 2.75) is 6.61 Å². The summed E-state index contributed by atoms with van der Waals surface area (Å²) in [5.74, 6) is -0.292. The summed E-state index contributed by atoms with van der Waals surface area (Å²) in [6.07, 6.45) is 1.38. The summed E-state index contributed by atoms with van der Waals surface area (Å²) in [6, 6.07) is 17.5. The fourth-order valence-corrected chi connectivity index (χ4v) is 3.90. The highest BCUT2D eigenvalue weighted by atomic mass is 127. The minimum Gasteiger partial charge on any atom is -0.486 e. The molecule has 0 heterocycles. The summed E-state index contributed by atoms with van der Waals surface area (Å²) >= 11 is 26.7. The molecule has 0 bridgehead atoms. The van der Waals surface area contributed by atoms with Gasteiger partial charge in [-0.2, -0.15) is 5.26 Å². The number of amides is 1. The van der Waals surface area contributed by atoms with E-state index in [2.05, 4.69) is 27.9 Å². The van der Waals surface area contributed by atoms with Gasteiger partial charge >= 0.3 is 0 Å². The zero-order valence-electron chi connectivity index (χ0n) is 16.1. The lowest BCUT2D eigenvalue weighted by Gasteiger charge is -2.11. The van der Waals surface area contributed by atoms with Gasteiger partial charge in [-0.05, 0) is 82.3 Å². The predicted molar refractivity (Wildman–Crippen MR) is 139 cm³/mol. The number of anilines is 1. The smallest absolute Gasteiger partial charge is 0.266 e. The van der Waals surface area contributed by atoms with Crippen LogP contribution in [0.2, 0.25) is 20.1 Å². The van der Waals surface area contributed by atoms with Gasteiger partial charge < -0.3 is 10.1 Å². The molecule has 0 aliphatic heterocycles. The van der Waals surface area contributed by atoms with Gasteiger partial charge in [0.2, 0.25) is 0 Å². The van der Waals surface area contributed by atoms with Crippen molar-refractivity contribution in [3.05, 3.63) is 95.0 Å². The number of hydrogen-bond donors (Lipinski definition) is 1. The molecule has 1 amide bonds. The number of benzene rings is 3. The van der Waals surface area contributed by atoms with E-state index in [4.69, 9.17) is 51.1 Å². The highest BCUT2D eigenvalue weighted by molar-refractivity contribution is 14.1. The van der Waals surface area contributed by atoms with Crippen LogP contribution in [0.15, 0.2) is 60.2 Å². The van der Waals surface area contributed by atoms with Crippen LogP contribution in [0.1, 0.15) is 11.1 Å². The van der Waals surface area contributed by atoms with Crippen molar-refractivity contribution >= 4 is 86.7 Å². The molecular weight excluding hydrogens is 605 g/mol. The Morgan fingerprint density at radius 3 is 2.22 bits per heavy atom. The molecule has 0 radical (unpaired) electrons. The standard InChI is InChI=1S/C23H13Cl4IN2O2/c24-18-6-5-17(10-19(18)25)30-23(31)15(11-29)7-14-8-20(26)22(21(27)9-14)32-12-13-1-3-16(28)4-2-13/h1-10H,12H2,(H,30,31)/b15-7+. The summed E-state index contributed by atoms with van der Waals surface area (Å²) in [5.41, 5.74) is 1.70. The number of carbonyl (C=O) groups is 1. The number of hydrogen-bond acceptors (Lipinski definition) is 3. The van der Waals surface area contributed by atoms with Crippen molar-refractivity contribution in [1.29, 1.82) is 5.26 Å². The van der Waals surface area contributed by atoms with Crippen LogP contribution < -0.4 is 10.1 Å². The van der Waals surface area contributed by atoms with Crippen LogP contribution in [-0.4, -0.2) is 5.91 Å². The fraction of sp³-hybridized carbons (Fsp3) is 0.0435. The van der Waals surface area contributed by atoms with Crippen molar-refractivity contribution in [1.82, 2.24) is 0 Å². The van der Waals surface area contributed by atoms with E-state index in [1.807, 2.05) is 30.3 Å². The second-order valence-electron chi connectivity index (χ2n) is 6.48. The first-order valence-electron chi connectivity index (χ1n) is 9.01. The van der Waals surface area contributed by atoms with Gasteiger partial charge in [-0.3, -0.25) is 4.79 Å². The lowest BCUT2D eigenvalue weighted by Crippen LogP contribution is -2.13. The van der Waals surface area contributed by atoms with Gasteiger partial charge in [0.25, 0.3) is 5.91 Å². The summed E-state index contributed by atoms with van der Waals surface area (Å²) < 4.78 is 6.89. The lowest BCUT2D eigenvalue weighted by atomic mass is 10.1. The Labute approximate surface area is 218 Å². The van der Waals surface area contributed by atoms with E-state index in [9.17, 15) is 10.1 Å². The van der Waals surface area contributed by atoms with Gasteiger partial charge in [0.05, 0.1) is 20.1 Å². The first-order chi connectivity index (χ1) is 15.3. The van der Waals surface area contributed by atoms with Crippen molar-refractivity contribution in [3.63, 3.8) is 0 Å². The molecule has 3 aromatic carbocycles. The molecule has 0 atom stereocenters. The largest absolute Gasteiger partial charge is 0.486 e.